The lowest BCUT2D eigenvalue weighted by molar-refractivity contribution is -0.133. The summed E-state index contributed by atoms with van der Waals surface area (Å²) in [6, 6.07) is 22.4. The van der Waals surface area contributed by atoms with Crippen molar-refractivity contribution in [3.05, 3.63) is 89.4 Å². The third kappa shape index (κ3) is 5.87. The van der Waals surface area contributed by atoms with Crippen molar-refractivity contribution < 1.29 is 14.3 Å². The average Bonchev–Trinajstić information content (AvgIpc) is 2.64. The molecule has 0 spiro atoms. The molecule has 136 valence electrons. The summed E-state index contributed by atoms with van der Waals surface area (Å²) in [5, 5.41) is 5.92. The number of amides is 2. The lowest BCUT2D eigenvalue weighted by Crippen LogP contribution is -2.19. The smallest absolute Gasteiger partial charge is 0.323 e. The molecule has 0 saturated heterocycles. The van der Waals surface area contributed by atoms with Crippen molar-refractivity contribution in [1.29, 1.82) is 0 Å². The molecule has 0 aliphatic carbocycles. The van der Waals surface area contributed by atoms with Crippen LogP contribution < -0.4 is 15.4 Å². The number of hydrogen-bond donors (Lipinski definition) is 2. The number of rotatable bonds is 5. The van der Waals surface area contributed by atoms with Gasteiger partial charge in [0.15, 0.2) is 0 Å². The first-order chi connectivity index (χ1) is 13.1. The summed E-state index contributed by atoms with van der Waals surface area (Å²) in [5.74, 6) is 0.0670. The van der Waals surface area contributed by atoms with E-state index in [1.54, 1.807) is 48.5 Å². The second-order valence-electron chi connectivity index (χ2n) is 5.75. The highest BCUT2D eigenvalue weighted by molar-refractivity contribution is 6.30. The van der Waals surface area contributed by atoms with Gasteiger partial charge in [-0.1, -0.05) is 48.0 Å². The average molecular weight is 381 g/mol. The standard InChI is InChI=1S/C21H17ClN2O3/c22-16-7-4-8-18(14-16)24-21(26)23-17-9-11-19(12-10-17)27-20(25)13-15-5-2-1-3-6-15/h1-12,14H,13H2,(H2,23,24,26). The van der Waals surface area contributed by atoms with E-state index >= 15 is 0 Å². The highest BCUT2D eigenvalue weighted by atomic mass is 35.5. The number of urea groups is 1. The van der Waals surface area contributed by atoms with Gasteiger partial charge in [-0.05, 0) is 48.0 Å². The zero-order valence-electron chi connectivity index (χ0n) is 14.3. The Balaban J connectivity index is 1.52. The SMILES string of the molecule is O=C(Nc1ccc(OC(=O)Cc2ccccc2)cc1)Nc1cccc(Cl)c1. The highest BCUT2D eigenvalue weighted by Crippen LogP contribution is 2.18. The third-order valence-electron chi connectivity index (χ3n) is 3.62. The first kappa shape index (κ1) is 18.5. The number of anilines is 2. The van der Waals surface area contributed by atoms with E-state index in [2.05, 4.69) is 10.6 Å². The number of halogens is 1. The van der Waals surface area contributed by atoms with Crippen molar-refractivity contribution in [2.45, 2.75) is 6.42 Å². The van der Waals surface area contributed by atoms with Gasteiger partial charge < -0.3 is 15.4 Å². The van der Waals surface area contributed by atoms with Gasteiger partial charge in [-0.15, -0.1) is 0 Å². The van der Waals surface area contributed by atoms with Crippen LogP contribution in [-0.2, 0) is 11.2 Å². The van der Waals surface area contributed by atoms with Gasteiger partial charge in [-0.25, -0.2) is 4.79 Å². The Morgan fingerprint density at radius 1 is 0.815 bits per heavy atom. The van der Waals surface area contributed by atoms with Crippen molar-refractivity contribution in [1.82, 2.24) is 0 Å². The van der Waals surface area contributed by atoms with Crippen LogP contribution in [0.4, 0.5) is 16.2 Å². The largest absolute Gasteiger partial charge is 0.426 e. The van der Waals surface area contributed by atoms with E-state index in [9.17, 15) is 9.59 Å². The molecular formula is C21H17ClN2O3. The van der Waals surface area contributed by atoms with E-state index < -0.39 is 6.03 Å². The molecule has 3 rings (SSSR count). The number of ether oxygens (including phenoxy) is 1. The molecule has 0 bridgehead atoms. The summed E-state index contributed by atoms with van der Waals surface area (Å²) in [6.07, 6.45) is 0.197. The van der Waals surface area contributed by atoms with Gasteiger partial charge in [-0.3, -0.25) is 4.79 Å². The van der Waals surface area contributed by atoms with Crippen LogP contribution >= 0.6 is 11.6 Å². The van der Waals surface area contributed by atoms with Gasteiger partial charge >= 0.3 is 12.0 Å². The molecule has 27 heavy (non-hydrogen) atoms. The monoisotopic (exact) mass is 380 g/mol. The Kier molecular flexibility index (Phi) is 6.07. The van der Waals surface area contributed by atoms with Crippen LogP contribution in [-0.4, -0.2) is 12.0 Å². The Morgan fingerprint density at radius 2 is 1.52 bits per heavy atom. The van der Waals surface area contributed by atoms with Crippen molar-refractivity contribution in [3.8, 4) is 5.75 Å². The lowest BCUT2D eigenvalue weighted by atomic mass is 10.2. The fourth-order valence-electron chi connectivity index (χ4n) is 2.40. The molecule has 3 aromatic rings. The molecule has 6 heteroatoms. The van der Waals surface area contributed by atoms with E-state index in [4.69, 9.17) is 16.3 Å². The minimum Gasteiger partial charge on any atom is -0.426 e. The Labute approximate surface area is 161 Å². The van der Waals surface area contributed by atoms with Crippen LogP contribution in [0.1, 0.15) is 5.56 Å². The second-order valence-corrected chi connectivity index (χ2v) is 6.19. The third-order valence-corrected chi connectivity index (χ3v) is 3.85. The molecule has 0 saturated carbocycles. The zero-order chi connectivity index (χ0) is 19.1. The van der Waals surface area contributed by atoms with Crippen LogP contribution in [0.15, 0.2) is 78.9 Å². The van der Waals surface area contributed by atoms with Crippen molar-refractivity contribution in [2.75, 3.05) is 10.6 Å². The summed E-state index contributed by atoms with van der Waals surface area (Å²) in [4.78, 5) is 24.0. The molecule has 0 unspecified atom stereocenters. The molecule has 0 aliphatic heterocycles. The van der Waals surface area contributed by atoms with Crippen molar-refractivity contribution >= 4 is 35.0 Å². The molecule has 0 radical (unpaired) electrons. The number of esters is 1. The quantitative estimate of drug-likeness (QED) is 0.476. The fourth-order valence-corrected chi connectivity index (χ4v) is 2.59. The van der Waals surface area contributed by atoms with E-state index in [-0.39, 0.29) is 12.4 Å². The van der Waals surface area contributed by atoms with Gasteiger partial charge in [0.2, 0.25) is 0 Å². The van der Waals surface area contributed by atoms with Crippen molar-refractivity contribution in [3.63, 3.8) is 0 Å². The molecule has 5 nitrogen and oxygen atoms in total. The summed E-state index contributed by atoms with van der Waals surface area (Å²) < 4.78 is 5.31. The van der Waals surface area contributed by atoms with Crippen LogP contribution in [0.5, 0.6) is 5.75 Å². The zero-order valence-corrected chi connectivity index (χ0v) is 15.1. The Morgan fingerprint density at radius 3 is 2.22 bits per heavy atom. The van der Waals surface area contributed by atoms with Crippen LogP contribution in [0.25, 0.3) is 0 Å². The van der Waals surface area contributed by atoms with Crippen LogP contribution in [0.2, 0.25) is 5.02 Å². The number of nitrogens with one attached hydrogen (secondary N) is 2. The maximum atomic E-state index is 12.0. The number of benzene rings is 3. The van der Waals surface area contributed by atoms with E-state index in [0.29, 0.717) is 22.1 Å². The first-order valence-electron chi connectivity index (χ1n) is 8.27. The molecule has 0 aliphatic rings. The first-order valence-corrected chi connectivity index (χ1v) is 8.64. The molecule has 0 aromatic heterocycles. The maximum absolute atomic E-state index is 12.0. The molecule has 3 aromatic carbocycles. The fraction of sp³-hybridized carbons (Fsp3) is 0.0476. The molecule has 0 fully saturated rings. The predicted octanol–water partition coefficient (Wildman–Crippen LogP) is 5.13. The number of hydrogen-bond acceptors (Lipinski definition) is 3. The highest BCUT2D eigenvalue weighted by Gasteiger charge is 2.07. The minimum absolute atomic E-state index is 0.197. The Bertz CT molecular complexity index is 928. The summed E-state index contributed by atoms with van der Waals surface area (Å²) in [6.45, 7) is 0. The van der Waals surface area contributed by atoms with E-state index in [0.717, 1.165) is 5.56 Å². The molecule has 2 amide bonds. The van der Waals surface area contributed by atoms with Gasteiger partial charge in [0, 0.05) is 16.4 Å². The Hall–Kier alpha value is -3.31. The number of carbonyl (C=O) groups is 2. The maximum Gasteiger partial charge on any atom is 0.323 e. The van der Waals surface area contributed by atoms with Gasteiger partial charge in [-0.2, -0.15) is 0 Å². The molecular weight excluding hydrogens is 364 g/mol. The normalized spacial score (nSPS) is 10.1. The predicted molar refractivity (Wildman–Crippen MR) is 106 cm³/mol. The molecule has 0 heterocycles. The topological polar surface area (TPSA) is 67.4 Å². The summed E-state index contributed by atoms with van der Waals surface area (Å²) in [5.41, 5.74) is 2.04. The number of carbonyl (C=O) groups excluding carboxylic acids is 2. The molecule has 0 atom stereocenters. The van der Waals surface area contributed by atoms with E-state index in [1.807, 2.05) is 30.3 Å². The van der Waals surface area contributed by atoms with Gasteiger partial charge in [0.1, 0.15) is 5.75 Å². The second kappa shape index (κ2) is 8.87. The van der Waals surface area contributed by atoms with E-state index in [1.165, 1.54) is 0 Å². The van der Waals surface area contributed by atoms with Gasteiger partial charge in [0.25, 0.3) is 0 Å². The summed E-state index contributed by atoms with van der Waals surface area (Å²) >= 11 is 5.89. The van der Waals surface area contributed by atoms with Crippen LogP contribution in [0, 0.1) is 0 Å². The minimum atomic E-state index is -0.397. The summed E-state index contributed by atoms with van der Waals surface area (Å²) in [7, 11) is 0. The molecule has 2 N–H and O–H groups in total. The lowest BCUT2D eigenvalue weighted by Gasteiger charge is -2.09. The van der Waals surface area contributed by atoms with Crippen molar-refractivity contribution in [2.24, 2.45) is 0 Å². The van der Waals surface area contributed by atoms with Gasteiger partial charge in [0.05, 0.1) is 6.42 Å². The van der Waals surface area contributed by atoms with Crippen LogP contribution in [0.3, 0.4) is 0 Å².